The molecule has 2 aliphatic rings. The Hall–Kier alpha value is -3.94. The lowest BCUT2D eigenvalue weighted by atomic mass is 9.95. The van der Waals surface area contributed by atoms with Crippen molar-refractivity contribution in [3.8, 4) is 0 Å². The van der Waals surface area contributed by atoms with Gasteiger partial charge in [0.1, 0.15) is 36.3 Å². The number of nitrogens with one attached hydrogen (secondary N) is 1. The first-order valence-corrected chi connectivity index (χ1v) is 25.6. The van der Waals surface area contributed by atoms with E-state index in [4.69, 9.17) is 65.5 Å². The van der Waals surface area contributed by atoms with Crippen LogP contribution in [-0.4, -0.2) is 130 Å². The van der Waals surface area contributed by atoms with Crippen molar-refractivity contribution in [2.45, 2.75) is 140 Å². The Balaban J connectivity index is 1.58. The summed E-state index contributed by atoms with van der Waals surface area (Å²) >= 11 is 11.9. The molecule has 5 rings (SSSR count). The fourth-order valence-corrected chi connectivity index (χ4v) is 13.4. The lowest BCUT2D eigenvalue weighted by Crippen LogP contribution is -2.70. The summed E-state index contributed by atoms with van der Waals surface area (Å²) in [5.74, 6) is -2.92. The van der Waals surface area contributed by atoms with Crippen molar-refractivity contribution >= 4 is 65.7 Å². The second-order valence-corrected chi connectivity index (χ2v) is 22.5. The number of hydrogen-bond donors (Lipinski definition) is 2. The first-order valence-electron chi connectivity index (χ1n) is 22.6. The summed E-state index contributed by atoms with van der Waals surface area (Å²) in [6.45, 7) is 9.87. The van der Waals surface area contributed by atoms with E-state index in [0.29, 0.717) is 12.3 Å². The molecule has 0 bridgehead atoms. The van der Waals surface area contributed by atoms with E-state index < -0.39 is 104 Å². The predicted molar refractivity (Wildman–Crippen MR) is 252 cm³/mol. The van der Waals surface area contributed by atoms with Crippen molar-refractivity contribution in [2.75, 3.05) is 31.6 Å². The number of aliphatic hydroxyl groups excluding tert-OH is 1. The highest BCUT2D eigenvalue weighted by Gasteiger charge is 2.57. The van der Waals surface area contributed by atoms with E-state index in [0.717, 1.165) is 42.1 Å². The van der Waals surface area contributed by atoms with Crippen molar-refractivity contribution in [1.29, 1.82) is 0 Å². The average Bonchev–Trinajstić information content (AvgIpc) is 3.29. The van der Waals surface area contributed by atoms with Crippen LogP contribution < -0.4 is 15.7 Å². The third-order valence-electron chi connectivity index (χ3n) is 11.5. The van der Waals surface area contributed by atoms with E-state index >= 15 is 0 Å². The molecule has 3 aromatic rings. The molecule has 15 nitrogen and oxygen atoms in total. The van der Waals surface area contributed by atoms with Crippen LogP contribution in [0.2, 0.25) is 5.04 Å². The molecule has 0 unspecified atom stereocenters. The third-order valence-corrected chi connectivity index (χ3v) is 17.0. The van der Waals surface area contributed by atoms with Crippen LogP contribution >= 0.6 is 23.2 Å². The van der Waals surface area contributed by atoms with E-state index in [1.165, 1.54) is 13.8 Å². The summed E-state index contributed by atoms with van der Waals surface area (Å²) in [6, 6.07) is 27.9. The molecule has 10 atom stereocenters. The van der Waals surface area contributed by atoms with Gasteiger partial charge in [0.25, 0.3) is 8.32 Å². The number of esters is 3. The molecule has 2 aliphatic heterocycles. The minimum atomic E-state index is -3.27. The molecule has 0 aromatic heterocycles. The lowest BCUT2D eigenvalue weighted by Gasteiger charge is -2.49. The number of ether oxygens (including phenoxy) is 8. The summed E-state index contributed by atoms with van der Waals surface area (Å²) in [7, 11) is -3.27. The molecule has 0 radical (unpaired) electrons. The number of alkyl halides is 2. The van der Waals surface area contributed by atoms with E-state index in [-0.39, 0.29) is 26.4 Å². The number of amides is 1. The minimum Gasteiger partial charge on any atom is -0.457 e. The molecule has 3 aromatic carbocycles. The summed E-state index contributed by atoms with van der Waals surface area (Å²) in [4.78, 5) is 51.7. The number of carbonyl (C=O) groups is 4. The van der Waals surface area contributed by atoms with Gasteiger partial charge in [-0.3, -0.25) is 19.2 Å². The minimum absolute atomic E-state index is 0.154. The maximum absolute atomic E-state index is 13.2. The standard InChI is InChI=1S/C49H65Cl2NO14Si/c1-32(53)52-41-45(65-40(56)28-51)44(38(30-58-29-35-20-12-9-13-21-35)63-47(41)59-27-19-8-7-18-26-50)66-48-46(62-34(3)55)42(57)43(61-33(2)54)39(64-48)31-60-67(49(4,5)6,36-22-14-10-15-23-36)37-24-16-11-17-25-37/h9-17,20-25,38-39,41-48,57H,7-8,18-19,26-31H2,1-6H3,(H,52,53)/t38-,39-,41-,42+,43+,44-,45-,46-,47-,48+/m1/s1. The van der Waals surface area contributed by atoms with Crippen LogP contribution in [0.25, 0.3) is 0 Å². The van der Waals surface area contributed by atoms with Gasteiger partial charge in [-0.25, -0.2) is 0 Å². The molecule has 0 spiro atoms. The van der Waals surface area contributed by atoms with Gasteiger partial charge in [0, 0.05) is 33.3 Å². The molecular weight excluding hydrogens is 926 g/mol. The summed E-state index contributed by atoms with van der Waals surface area (Å²) in [5, 5.41) is 16.4. The van der Waals surface area contributed by atoms with Crippen molar-refractivity contribution in [1.82, 2.24) is 5.32 Å². The quantitative estimate of drug-likeness (QED) is 0.0410. The molecule has 67 heavy (non-hydrogen) atoms. The highest BCUT2D eigenvalue weighted by atomic mass is 35.5. The maximum atomic E-state index is 13.2. The van der Waals surface area contributed by atoms with Gasteiger partial charge in [0.2, 0.25) is 5.91 Å². The smallest absolute Gasteiger partial charge is 0.321 e. The maximum Gasteiger partial charge on any atom is 0.321 e. The number of halogens is 2. The molecule has 2 fully saturated rings. The molecule has 2 heterocycles. The predicted octanol–water partition coefficient (Wildman–Crippen LogP) is 5.31. The van der Waals surface area contributed by atoms with Crippen LogP contribution in [0.5, 0.6) is 0 Å². The fourth-order valence-electron chi connectivity index (χ4n) is 8.59. The average molecular weight is 991 g/mol. The van der Waals surface area contributed by atoms with Crippen LogP contribution in [0.3, 0.4) is 0 Å². The Morgan fingerprint density at radius 2 is 1.24 bits per heavy atom. The van der Waals surface area contributed by atoms with E-state index in [1.54, 1.807) is 0 Å². The second-order valence-electron chi connectivity index (χ2n) is 17.6. The van der Waals surface area contributed by atoms with Gasteiger partial charge in [-0.15, -0.1) is 23.2 Å². The largest absolute Gasteiger partial charge is 0.457 e. The summed E-state index contributed by atoms with van der Waals surface area (Å²) < 4.78 is 57.2. The monoisotopic (exact) mass is 989 g/mol. The summed E-state index contributed by atoms with van der Waals surface area (Å²) in [5.41, 5.74) is 0.857. The lowest BCUT2D eigenvalue weighted by molar-refractivity contribution is -0.350. The Kier molecular flexibility index (Phi) is 21.1. The first kappa shape index (κ1) is 54.0. The number of rotatable bonds is 23. The van der Waals surface area contributed by atoms with Gasteiger partial charge in [-0.1, -0.05) is 125 Å². The van der Waals surface area contributed by atoms with Gasteiger partial charge < -0.3 is 52.7 Å². The molecule has 2 saturated heterocycles. The molecule has 1 amide bonds. The van der Waals surface area contributed by atoms with Crippen LogP contribution in [0, 0.1) is 0 Å². The van der Waals surface area contributed by atoms with Crippen LogP contribution in [0.15, 0.2) is 91.0 Å². The van der Waals surface area contributed by atoms with Gasteiger partial charge in [0.15, 0.2) is 30.9 Å². The van der Waals surface area contributed by atoms with Crippen molar-refractivity contribution in [3.05, 3.63) is 96.6 Å². The Bertz CT molecular complexity index is 1960. The normalized spacial score (nSPS) is 25.4. The van der Waals surface area contributed by atoms with Crippen molar-refractivity contribution in [2.24, 2.45) is 0 Å². The zero-order chi connectivity index (χ0) is 48.6. The van der Waals surface area contributed by atoms with Gasteiger partial charge >= 0.3 is 17.9 Å². The van der Waals surface area contributed by atoms with Crippen LogP contribution in [-0.2, 0) is 68.1 Å². The third kappa shape index (κ3) is 14.8. The zero-order valence-electron chi connectivity index (χ0n) is 39.0. The van der Waals surface area contributed by atoms with Crippen molar-refractivity contribution < 1.29 is 66.6 Å². The molecule has 2 N–H and O–H groups in total. The fraction of sp³-hybridized carbons (Fsp3) is 0.551. The molecule has 368 valence electrons. The van der Waals surface area contributed by atoms with E-state index in [2.05, 4.69) is 26.1 Å². The number of benzene rings is 3. The summed E-state index contributed by atoms with van der Waals surface area (Å²) in [6.07, 6.45) is -9.54. The topological polar surface area (TPSA) is 184 Å². The molecule has 0 saturated carbocycles. The second kappa shape index (κ2) is 26.2. The number of carbonyl (C=O) groups excluding carboxylic acids is 4. The Labute approximate surface area is 404 Å². The Morgan fingerprint density at radius 1 is 0.687 bits per heavy atom. The molecule has 0 aliphatic carbocycles. The SMILES string of the molecule is CC(=O)N[C@H]1[C@H](OCCCCCCCl)O[C@H](COCc2ccccc2)[C@@H](O[C@@H]2O[C@H](CO[Si](c3ccccc3)(c3ccccc3)C(C)(C)C)[C@H](OC(C)=O)[C@H](O)[C@H]2OC(C)=O)[C@@H]1OC(=O)CCl. The number of hydrogen-bond acceptors (Lipinski definition) is 14. The zero-order valence-corrected chi connectivity index (χ0v) is 41.5. The van der Waals surface area contributed by atoms with E-state index in [9.17, 15) is 24.3 Å². The Morgan fingerprint density at radius 3 is 1.79 bits per heavy atom. The van der Waals surface area contributed by atoms with E-state index in [1.807, 2.05) is 91.0 Å². The number of unbranched alkanes of at least 4 members (excludes halogenated alkanes) is 3. The number of aliphatic hydroxyl groups is 1. The van der Waals surface area contributed by atoms with Crippen LogP contribution in [0.1, 0.15) is 72.8 Å². The van der Waals surface area contributed by atoms with Crippen molar-refractivity contribution in [3.63, 3.8) is 0 Å². The van der Waals surface area contributed by atoms with Gasteiger partial charge in [-0.2, -0.15) is 0 Å². The highest BCUT2D eigenvalue weighted by molar-refractivity contribution is 6.99. The van der Waals surface area contributed by atoms with Gasteiger partial charge in [0.05, 0.1) is 19.8 Å². The molecular formula is C49H65Cl2NO14Si. The van der Waals surface area contributed by atoms with Gasteiger partial charge in [-0.05, 0) is 33.8 Å². The highest BCUT2D eigenvalue weighted by Crippen LogP contribution is 2.39. The first-order chi connectivity index (χ1) is 32.1. The molecule has 18 heteroatoms. The van der Waals surface area contributed by atoms with Crippen LogP contribution in [0.4, 0.5) is 0 Å².